The number of carbonyl (C=O) groups is 2. The average Bonchev–Trinajstić information content (AvgIpc) is 2.80. The maximum Gasteiger partial charge on any atom is 0.407 e. The zero-order valence-electron chi connectivity index (χ0n) is 19.8. The van der Waals surface area contributed by atoms with Crippen LogP contribution in [-0.2, 0) is 16.1 Å². The van der Waals surface area contributed by atoms with Gasteiger partial charge in [0.15, 0.2) is 0 Å². The standard InChI is InChI=1S/C26H30N4O4/c1-26(2,3)34-25(33)27-19-13-15-29(16-14-19)22(31)17-30-21-12-8-7-11-20(21)23(28-24(30)32)18-9-5-4-6-10-18/h4-12,19H,13-17H2,1-3H3,(H,27,33). The van der Waals surface area contributed by atoms with Gasteiger partial charge in [0, 0.05) is 30.1 Å². The number of aromatic nitrogens is 2. The number of hydrogen-bond acceptors (Lipinski definition) is 5. The van der Waals surface area contributed by atoms with Crippen LogP contribution in [0, 0.1) is 0 Å². The largest absolute Gasteiger partial charge is 0.444 e. The number of fused-ring (bicyclic) bond motifs is 1. The first kappa shape index (κ1) is 23.5. The van der Waals surface area contributed by atoms with E-state index < -0.39 is 17.4 Å². The van der Waals surface area contributed by atoms with E-state index in [-0.39, 0.29) is 18.5 Å². The van der Waals surface area contributed by atoms with Crippen molar-refractivity contribution in [3.63, 3.8) is 0 Å². The molecule has 2 aromatic carbocycles. The predicted octanol–water partition coefficient (Wildman–Crippen LogP) is 3.58. The van der Waals surface area contributed by atoms with Gasteiger partial charge in [0.1, 0.15) is 12.1 Å². The fourth-order valence-electron chi connectivity index (χ4n) is 4.18. The van der Waals surface area contributed by atoms with Gasteiger partial charge < -0.3 is 15.0 Å². The molecule has 8 nitrogen and oxygen atoms in total. The Hall–Kier alpha value is -3.68. The molecular weight excluding hydrogens is 432 g/mol. The number of ether oxygens (including phenoxy) is 1. The Bertz CT molecular complexity index is 1240. The van der Waals surface area contributed by atoms with Gasteiger partial charge in [0.05, 0.1) is 11.2 Å². The van der Waals surface area contributed by atoms with Crippen LogP contribution >= 0.6 is 0 Å². The minimum Gasteiger partial charge on any atom is -0.444 e. The summed E-state index contributed by atoms with van der Waals surface area (Å²) in [6.07, 6.45) is 0.817. The number of nitrogens with zero attached hydrogens (tertiary/aromatic N) is 3. The van der Waals surface area contributed by atoms with Gasteiger partial charge >= 0.3 is 11.8 Å². The number of nitrogens with one attached hydrogen (secondary N) is 1. The smallest absolute Gasteiger partial charge is 0.407 e. The highest BCUT2D eigenvalue weighted by molar-refractivity contribution is 5.93. The molecular formula is C26H30N4O4. The van der Waals surface area contributed by atoms with Crippen molar-refractivity contribution >= 4 is 22.9 Å². The normalized spacial score (nSPS) is 14.7. The van der Waals surface area contributed by atoms with Crippen molar-refractivity contribution in [1.29, 1.82) is 0 Å². The topological polar surface area (TPSA) is 93.5 Å². The molecule has 1 aromatic heterocycles. The van der Waals surface area contributed by atoms with Gasteiger partial charge in [-0.3, -0.25) is 9.36 Å². The Morgan fingerprint density at radius 3 is 2.35 bits per heavy atom. The zero-order valence-corrected chi connectivity index (χ0v) is 19.8. The predicted molar refractivity (Wildman–Crippen MR) is 130 cm³/mol. The molecule has 0 spiro atoms. The Morgan fingerprint density at radius 2 is 1.68 bits per heavy atom. The van der Waals surface area contributed by atoms with E-state index in [1.807, 2.05) is 75.4 Å². The minimum absolute atomic E-state index is 0.0470. The number of alkyl carbamates (subject to hydrolysis) is 1. The van der Waals surface area contributed by atoms with Gasteiger partial charge in [-0.15, -0.1) is 0 Å². The number of piperidine rings is 1. The Labute approximate surface area is 198 Å². The monoisotopic (exact) mass is 462 g/mol. The Kier molecular flexibility index (Phi) is 6.68. The highest BCUT2D eigenvalue weighted by atomic mass is 16.6. The molecule has 0 atom stereocenters. The molecule has 4 rings (SSSR count). The third-order valence-electron chi connectivity index (χ3n) is 5.80. The van der Waals surface area contributed by atoms with E-state index in [0.29, 0.717) is 37.1 Å². The Balaban J connectivity index is 1.47. The second-order valence-electron chi connectivity index (χ2n) is 9.51. The molecule has 1 aliphatic heterocycles. The molecule has 0 radical (unpaired) electrons. The van der Waals surface area contributed by atoms with Crippen LogP contribution in [0.5, 0.6) is 0 Å². The van der Waals surface area contributed by atoms with Crippen molar-refractivity contribution < 1.29 is 14.3 Å². The van der Waals surface area contributed by atoms with E-state index >= 15 is 0 Å². The van der Waals surface area contributed by atoms with Gasteiger partial charge in [-0.2, -0.15) is 4.98 Å². The van der Waals surface area contributed by atoms with Crippen LogP contribution in [0.15, 0.2) is 59.4 Å². The molecule has 0 saturated carbocycles. The first-order valence-corrected chi connectivity index (χ1v) is 11.5. The van der Waals surface area contributed by atoms with Gasteiger partial charge in [-0.25, -0.2) is 9.59 Å². The summed E-state index contributed by atoms with van der Waals surface area (Å²) < 4.78 is 6.75. The fraction of sp³-hybridized carbons (Fsp3) is 0.385. The van der Waals surface area contributed by atoms with Gasteiger partial charge in [0.25, 0.3) is 0 Å². The first-order valence-electron chi connectivity index (χ1n) is 11.5. The molecule has 0 bridgehead atoms. The van der Waals surface area contributed by atoms with Crippen LogP contribution in [-0.4, -0.2) is 51.2 Å². The third-order valence-corrected chi connectivity index (χ3v) is 5.80. The lowest BCUT2D eigenvalue weighted by atomic mass is 10.0. The summed E-state index contributed by atoms with van der Waals surface area (Å²) in [5, 5.41) is 3.70. The average molecular weight is 463 g/mol. The molecule has 0 unspecified atom stereocenters. The molecule has 1 aliphatic rings. The van der Waals surface area contributed by atoms with Crippen molar-refractivity contribution in [3.8, 4) is 11.3 Å². The van der Waals surface area contributed by atoms with E-state index in [2.05, 4.69) is 10.3 Å². The van der Waals surface area contributed by atoms with Crippen LogP contribution in [0.2, 0.25) is 0 Å². The van der Waals surface area contributed by atoms with E-state index in [9.17, 15) is 14.4 Å². The molecule has 0 aliphatic carbocycles. The molecule has 34 heavy (non-hydrogen) atoms. The lowest BCUT2D eigenvalue weighted by Gasteiger charge is -2.33. The number of benzene rings is 2. The maximum absolute atomic E-state index is 13.1. The maximum atomic E-state index is 13.1. The van der Waals surface area contributed by atoms with Gasteiger partial charge in [-0.05, 0) is 39.7 Å². The SMILES string of the molecule is CC(C)(C)OC(=O)NC1CCN(C(=O)Cn2c(=O)nc(-c3ccccc3)c3ccccc32)CC1. The number of rotatable bonds is 4. The van der Waals surface area contributed by atoms with Crippen molar-refractivity contribution in [2.75, 3.05) is 13.1 Å². The zero-order chi connectivity index (χ0) is 24.3. The molecule has 1 fully saturated rings. The summed E-state index contributed by atoms with van der Waals surface area (Å²) in [6.45, 7) is 6.39. The quantitative estimate of drug-likeness (QED) is 0.640. The molecule has 1 saturated heterocycles. The van der Waals surface area contributed by atoms with Crippen molar-refractivity contribution in [2.24, 2.45) is 0 Å². The third kappa shape index (κ3) is 5.44. The van der Waals surface area contributed by atoms with Crippen LogP contribution in [0.3, 0.4) is 0 Å². The molecule has 8 heteroatoms. The Morgan fingerprint density at radius 1 is 1.03 bits per heavy atom. The number of hydrogen-bond donors (Lipinski definition) is 1. The fourth-order valence-corrected chi connectivity index (χ4v) is 4.18. The van der Waals surface area contributed by atoms with Crippen molar-refractivity contribution in [1.82, 2.24) is 19.8 Å². The number of likely N-dealkylation sites (tertiary alicyclic amines) is 1. The molecule has 178 valence electrons. The van der Waals surface area contributed by atoms with E-state index in [1.54, 1.807) is 4.90 Å². The summed E-state index contributed by atoms with van der Waals surface area (Å²) in [4.78, 5) is 44.1. The molecule has 2 heterocycles. The first-order chi connectivity index (χ1) is 16.2. The van der Waals surface area contributed by atoms with E-state index in [4.69, 9.17) is 4.74 Å². The van der Waals surface area contributed by atoms with Crippen LogP contribution in [0.4, 0.5) is 4.79 Å². The van der Waals surface area contributed by atoms with Gasteiger partial charge in [-0.1, -0.05) is 48.5 Å². The summed E-state index contributed by atoms with van der Waals surface area (Å²) in [5.74, 6) is -0.141. The highest BCUT2D eigenvalue weighted by Crippen LogP contribution is 2.25. The molecule has 2 amide bonds. The van der Waals surface area contributed by atoms with Gasteiger partial charge in [0.2, 0.25) is 5.91 Å². The lowest BCUT2D eigenvalue weighted by Crippen LogP contribution is -2.48. The van der Waals surface area contributed by atoms with Crippen LogP contribution in [0.25, 0.3) is 22.2 Å². The number of para-hydroxylation sites is 1. The highest BCUT2D eigenvalue weighted by Gasteiger charge is 2.26. The summed E-state index contributed by atoms with van der Waals surface area (Å²) in [6, 6.07) is 17.0. The number of amides is 2. The summed E-state index contributed by atoms with van der Waals surface area (Å²) in [5.41, 5.74) is 1.14. The van der Waals surface area contributed by atoms with E-state index in [1.165, 1.54) is 4.57 Å². The van der Waals surface area contributed by atoms with Crippen LogP contribution in [0.1, 0.15) is 33.6 Å². The second-order valence-corrected chi connectivity index (χ2v) is 9.51. The minimum atomic E-state index is -0.555. The molecule has 1 N–H and O–H groups in total. The lowest BCUT2D eigenvalue weighted by molar-refractivity contribution is -0.132. The van der Waals surface area contributed by atoms with Crippen LogP contribution < -0.4 is 11.0 Å². The number of carbonyl (C=O) groups excluding carboxylic acids is 2. The molecule has 3 aromatic rings. The van der Waals surface area contributed by atoms with E-state index in [0.717, 1.165) is 10.9 Å². The van der Waals surface area contributed by atoms with Crippen molar-refractivity contribution in [2.45, 2.75) is 51.8 Å². The van der Waals surface area contributed by atoms with Crippen molar-refractivity contribution in [3.05, 3.63) is 65.1 Å². The second kappa shape index (κ2) is 9.67. The summed E-state index contributed by atoms with van der Waals surface area (Å²) in [7, 11) is 0. The summed E-state index contributed by atoms with van der Waals surface area (Å²) >= 11 is 0.